The highest BCUT2D eigenvalue weighted by Crippen LogP contribution is 2.11. The molecule has 1 aromatic carbocycles. The Morgan fingerprint density at radius 3 is 3.11 bits per heavy atom. The van der Waals surface area contributed by atoms with Crippen molar-refractivity contribution in [3.05, 3.63) is 48.5 Å². The molecule has 0 aliphatic carbocycles. The molecule has 0 radical (unpaired) electrons. The van der Waals surface area contributed by atoms with Gasteiger partial charge in [0.15, 0.2) is 0 Å². The summed E-state index contributed by atoms with van der Waals surface area (Å²) in [6.45, 7) is 3.24. The van der Waals surface area contributed by atoms with Gasteiger partial charge >= 0.3 is 0 Å². The minimum atomic E-state index is -0.0501. The van der Waals surface area contributed by atoms with Crippen LogP contribution in [0.1, 0.15) is 5.56 Å². The van der Waals surface area contributed by atoms with Crippen LogP contribution >= 0.6 is 0 Å². The standard InChI is InChI=1S/C14H17N3O2/c1-12-3-2-4-13(9-12)19-8-6-16-14(18)10-17-7-5-15-11-17/h2-5,7,9,11H,6,8,10H2,1H3,(H,16,18). The topological polar surface area (TPSA) is 56.1 Å². The van der Waals surface area contributed by atoms with Gasteiger partial charge in [0.05, 0.1) is 12.9 Å². The number of amides is 1. The highest BCUT2D eigenvalue weighted by molar-refractivity contribution is 5.75. The summed E-state index contributed by atoms with van der Waals surface area (Å²) < 4.78 is 7.26. The predicted octanol–water partition coefficient (Wildman–Crippen LogP) is 1.39. The molecule has 0 aliphatic rings. The molecule has 1 N–H and O–H groups in total. The van der Waals surface area contributed by atoms with Crippen LogP contribution in [0.15, 0.2) is 43.0 Å². The minimum absolute atomic E-state index is 0.0501. The summed E-state index contributed by atoms with van der Waals surface area (Å²) >= 11 is 0. The van der Waals surface area contributed by atoms with Crippen LogP contribution in [-0.2, 0) is 11.3 Å². The van der Waals surface area contributed by atoms with E-state index in [1.165, 1.54) is 0 Å². The van der Waals surface area contributed by atoms with Crippen molar-refractivity contribution in [1.29, 1.82) is 0 Å². The van der Waals surface area contributed by atoms with Crippen molar-refractivity contribution < 1.29 is 9.53 Å². The normalized spacial score (nSPS) is 10.2. The van der Waals surface area contributed by atoms with E-state index in [0.717, 1.165) is 11.3 Å². The van der Waals surface area contributed by atoms with Crippen LogP contribution in [0.5, 0.6) is 5.75 Å². The largest absolute Gasteiger partial charge is 0.492 e. The molecule has 5 heteroatoms. The van der Waals surface area contributed by atoms with Gasteiger partial charge in [-0.3, -0.25) is 4.79 Å². The number of hydrogen-bond acceptors (Lipinski definition) is 3. The zero-order chi connectivity index (χ0) is 13.5. The van der Waals surface area contributed by atoms with Crippen LogP contribution in [0.3, 0.4) is 0 Å². The highest BCUT2D eigenvalue weighted by Gasteiger charge is 2.01. The summed E-state index contributed by atoms with van der Waals surface area (Å²) in [5.41, 5.74) is 1.15. The van der Waals surface area contributed by atoms with Gasteiger partial charge in [-0.1, -0.05) is 12.1 Å². The third-order valence-corrected chi connectivity index (χ3v) is 2.57. The van der Waals surface area contributed by atoms with E-state index < -0.39 is 0 Å². The number of hydrogen-bond donors (Lipinski definition) is 1. The molecule has 0 aliphatic heterocycles. The van der Waals surface area contributed by atoms with Gasteiger partial charge in [-0.2, -0.15) is 0 Å². The second kappa shape index (κ2) is 6.58. The lowest BCUT2D eigenvalue weighted by molar-refractivity contribution is -0.121. The smallest absolute Gasteiger partial charge is 0.240 e. The maximum absolute atomic E-state index is 11.6. The molecule has 0 saturated carbocycles. The molecule has 19 heavy (non-hydrogen) atoms. The van der Waals surface area contributed by atoms with Crippen molar-refractivity contribution >= 4 is 5.91 Å². The summed E-state index contributed by atoms with van der Waals surface area (Å²) in [6.07, 6.45) is 5.01. The number of aryl methyl sites for hydroxylation is 1. The number of ether oxygens (including phenoxy) is 1. The van der Waals surface area contributed by atoms with Crippen LogP contribution < -0.4 is 10.1 Å². The Kier molecular flexibility index (Phi) is 4.55. The number of carbonyl (C=O) groups is 1. The van der Waals surface area contributed by atoms with E-state index in [1.54, 1.807) is 23.3 Å². The molecule has 5 nitrogen and oxygen atoms in total. The second-order valence-corrected chi connectivity index (χ2v) is 4.25. The molecular formula is C14H17N3O2. The fourth-order valence-electron chi connectivity index (χ4n) is 1.67. The summed E-state index contributed by atoms with van der Waals surface area (Å²) in [5, 5.41) is 2.79. The number of benzene rings is 1. The van der Waals surface area contributed by atoms with E-state index >= 15 is 0 Å². The maximum Gasteiger partial charge on any atom is 0.240 e. The maximum atomic E-state index is 11.6. The Balaban J connectivity index is 1.65. The van der Waals surface area contributed by atoms with Gasteiger partial charge < -0.3 is 14.6 Å². The number of nitrogens with zero attached hydrogens (tertiary/aromatic N) is 2. The minimum Gasteiger partial charge on any atom is -0.492 e. The number of rotatable bonds is 6. The molecule has 0 fully saturated rings. The van der Waals surface area contributed by atoms with E-state index in [4.69, 9.17) is 4.74 Å². The molecular weight excluding hydrogens is 242 g/mol. The van der Waals surface area contributed by atoms with E-state index in [1.807, 2.05) is 31.2 Å². The van der Waals surface area contributed by atoms with Gasteiger partial charge in [0, 0.05) is 12.4 Å². The van der Waals surface area contributed by atoms with Crippen LogP contribution in [0, 0.1) is 6.92 Å². The van der Waals surface area contributed by atoms with E-state index in [0.29, 0.717) is 13.2 Å². The first-order valence-electron chi connectivity index (χ1n) is 6.16. The van der Waals surface area contributed by atoms with Gasteiger partial charge in [-0.05, 0) is 24.6 Å². The monoisotopic (exact) mass is 259 g/mol. The molecule has 2 aromatic rings. The SMILES string of the molecule is Cc1cccc(OCCNC(=O)Cn2ccnc2)c1. The Morgan fingerprint density at radius 2 is 2.37 bits per heavy atom. The summed E-state index contributed by atoms with van der Waals surface area (Å²) in [6, 6.07) is 7.83. The quantitative estimate of drug-likeness (QED) is 0.797. The third kappa shape index (κ3) is 4.46. The van der Waals surface area contributed by atoms with Crippen LogP contribution in [0.25, 0.3) is 0 Å². The number of aromatic nitrogens is 2. The lowest BCUT2D eigenvalue weighted by atomic mass is 10.2. The molecule has 1 aromatic heterocycles. The van der Waals surface area contributed by atoms with Crippen LogP contribution in [0.2, 0.25) is 0 Å². The Bertz CT molecular complexity index is 523. The molecule has 0 saturated heterocycles. The van der Waals surface area contributed by atoms with Crippen LogP contribution in [-0.4, -0.2) is 28.6 Å². The first-order valence-corrected chi connectivity index (χ1v) is 6.16. The number of imidazole rings is 1. The Morgan fingerprint density at radius 1 is 1.47 bits per heavy atom. The summed E-state index contributed by atoms with van der Waals surface area (Å²) in [7, 11) is 0. The molecule has 100 valence electrons. The van der Waals surface area contributed by atoms with Gasteiger partial charge in [0.1, 0.15) is 18.9 Å². The number of nitrogens with one attached hydrogen (secondary N) is 1. The van der Waals surface area contributed by atoms with Crippen molar-refractivity contribution in [3.63, 3.8) is 0 Å². The highest BCUT2D eigenvalue weighted by atomic mass is 16.5. The van der Waals surface area contributed by atoms with Crippen molar-refractivity contribution in [2.45, 2.75) is 13.5 Å². The summed E-state index contributed by atoms with van der Waals surface area (Å²) in [5.74, 6) is 0.773. The molecule has 0 bridgehead atoms. The second-order valence-electron chi connectivity index (χ2n) is 4.25. The fraction of sp³-hybridized carbons (Fsp3) is 0.286. The van der Waals surface area contributed by atoms with Crippen molar-refractivity contribution in [1.82, 2.24) is 14.9 Å². The summed E-state index contributed by atoms with van der Waals surface area (Å²) in [4.78, 5) is 15.4. The van der Waals surface area contributed by atoms with Gasteiger partial charge in [0.25, 0.3) is 0 Å². The fourth-order valence-corrected chi connectivity index (χ4v) is 1.67. The predicted molar refractivity (Wildman–Crippen MR) is 71.9 cm³/mol. The zero-order valence-electron chi connectivity index (χ0n) is 10.9. The average Bonchev–Trinajstić information content (AvgIpc) is 2.87. The zero-order valence-corrected chi connectivity index (χ0v) is 10.9. The molecule has 1 amide bonds. The molecule has 0 atom stereocenters. The molecule has 2 rings (SSSR count). The van der Waals surface area contributed by atoms with Crippen molar-refractivity contribution in [2.75, 3.05) is 13.2 Å². The molecule has 0 unspecified atom stereocenters. The van der Waals surface area contributed by atoms with Crippen molar-refractivity contribution in [2.24, 2.45) is 0 Å². The molecule has 0 spiro atoms. The Hall–Kier alpha value is -2.30. The van der Waals surface area contributed by atoms with Gasteiger partial charge in [-0.15, -0.1) is 0 Å². The van der Waals surface area contributed by atoms with E-state index in [2.05, 4.69) is 10.3 Å². The average molecular weight is 259 g/mol. The van der Waals surface area contributed by atoms with Gasteiger partial charge in [0.2, 0.25) is 5.91 Å². The van der Waals surface area contributed by atoms with Crippen molar-refractivity contribution in [3.8, 4) is 5.75 Å². The first kappa shape index (κ1) is 13.1. The lowest BCUT2D eigenvalue weighted by Crippen LogP contribution is -2.30. The Labute approximate surface area is 112 Å². The number of carbonyl (C=O) groups excluding carboxylic acids is 1. The van der Waals surface area contributed by atoms with Gasteiger partial charge in [-0.25, -0.2) is 4.98 Å². The lowest BCUT2D eigenvalue weighted by Gasteiger charge is -2.08. The van der Waals surface area contributed by atoms with Crippen LogP contribution in [0.4, 0.5) is 0 Å². The van der Waals surface area contributed by atoms with E-state index in [-0.39, 0.29) is 12.5 Å². The molecule has 1 heterocycles. The van der Waals surface area contributed by atoms with E-state index in [9.17, 15) is 4.79 Å². The third-order valence-electron chi connectivity index (χ3n) is 2.57. The first-order chi connectivity index (χ1) is 9.24.